The maximum atomic E-state index is 5.66. The SMILES string of the molecule is CCCn1c(-c2ccc(N)nc2)nc2cc(OC)ccc21. The summed E-state index contributed by atoms with van der Waals surface area (Å²) in [5, 5.41) is 0. The number of methoxy groups -OCH3 is 1. The Morgan fingerprint density at radius 2 is 2.10 bits per heavy atom. The van der Waals surface area contributed by atoms with Crippen LogP contribution in [0.3, 0.4) is 0 Å². The molecule has 21 heavy (non-hydrogen) atoms. The van der Waals surface area contributed by atoms with Crippen LogP contribution in [0.4, 0.5) is 5.82 Å². The number of benzene rings is 1. The fourth-order valence-corrected chi connectivity index (χ4v) is 2.44. The van der Waals surface area contributed by atoms with Crippen LogP contribution in [0.2, 0.25) is 0 Å². The second kappa shape index (κ2) is 5.44. The van der Waals surface area contributed by atoms with Gasteiger partial charge in [0.1, 0.15) is 17.4 Å². The Kier molecular flexibility index (Phi) is 3.48. The van der Waals surface area contributed by atoms with Crippen LogP contribution in [-0.4, -0.2) is 21.6 Å². The van der Waals surface area contributed by atoms with E-state index < -0.39 is 0 Å². The number of anilines is 1. The summed E-state index contributed by atoms with van der Waals surface area (Å²) in [6, 6.07) is 9.71. The summed E-state index contributed by atoms with van der Waals surface area (Å²) in [7, 11) is 1.66. The number of nitrogens with two attached hydrogens (primary N) is 1. The van der Waals surface area contributed by atoms with Crippen LogP contribution in [0.25, 0.3) is 22.4 Å². The third-order valence-corrected chi connectivity index (χ3v) is 3.45. The number of hydrogen-bond acceptors (Lipinski definition) is 4. The summed E-state index contributed by atoms with van der Waals surface area (Å²) in [4.78, 5) is 8.90. The Labute approximate surface area is 123 Å². The van der Waals surface area contributed by atoms with Crippen LogP contribution >= 0.6 is 0 Å². The van der Waals surface area contributed by atoms with Crippen molar-refractivity contribution in [3.05, 3.63) is 36.5 Å². The third-order valence-electron chi connectivity index (χ3n) is 3.45. The van der Waals surface area contributed by atoms with E-state index in [2.05, 4.69) is 16.5 Å². The lowest BCUT2D eigenvalue weighted by Gasteiger charge is -2.07. The van der Waals surface area contributed by atoms with E-state index in [9.17, 15) is 0 Å². The molecule has 0 aliphatic carbocycles. The fraction of sp³-hybridized carbons (Fsp3) is 0.250. The van der Waals surface area contributed by atoms with Crippen molar-refractivity contribution in [2.75, 3.05) is 12.8 Å². The average molecular weight is 282 g/mol. The van der Waals surface area contributed by atoms with Crippen LogP contribution < -0.4 is 10.5 Å². The van der Waals surface area contributed by atoms with Gasteiger partial charge in [-0.1, -0.05) is 6.92 Å². The highest BCUT2D eigenvalue weighted by atomic mass is 16.5. The van der Waals surface area contributed by atoms with Gasteiger partial charge in [0.15, 0.2) is 0 Å². The molecule has 0 fully saturated rings. The molecule has 0 saturated heterocycles. The molecule has 108 valence electrons. The lowest BCUT2D eigenvalue weighted by molar-refractivity contribution is 0.415. The molecule has 0 spiro atoms. The first-order chi connectivity index (χ1) is 10.2. The Morgan fingerprint density at radius 1 is 1.24 bits per heavy atom. The van der Waals surface area contributed by atoms with Crippen LogP contribution in [-0.2, 0) is 6.54 Å². The zero-order valence-electron chi connectivity index (χ0n) is 12.2. The standard InChI is InChI=1S/C16H18N4O/c1-3-8-20-14-6-5-12(21-2)9-13(14)19-16(20)11-4-7-15(17)18-10-11/h4-7,9-10H,3,8H2,1-2H3,(H2,17,18). The number of nitrogens with zero attached hydrogens (tertiary/aromatic N) is 3. The molecule has 3 rings (SSSR count). The van der Waals surface area contributed by atoms with Crippen LogP contribution in [0.1, 0.15) is 13.3 Å². The highest BCUT2D eigenvalue weighted by Gasteiger charge is 2.13. The molecule has 0 bridgehead atoms. The molecule has 0 atom stereocenters. The zero-order valence-corrected chi connectivity index (χ0v) is 12.2. The monoisotopic (exact) mass is 282 g/mol. The van der Waals surface area contributed by atoms with Gasteiger partial charge in [-0.25, -0.2) is 9.97 Å². The molecule has 0 unspecified atom stereocenters. The molecule has 0 saturated carbocycles. The van der Waals surface area contributed by atoms with Crippen LogP contribution in [0.15, 0.2) is 36.5 Å². The second-order valence-corrected chi connectivity index (χ2v) is 4.91. The minimum atomic E-state index is 0.513. The van der Waals surface area contributed by atoms with Crippen molar-refractivity contribution < 1.29 is 4.74 Å². The van der Waals surface area contributed by atoms with E-state index >= 15 is 0 Å². The molecular weight excluding hydrogens is 264 g/mol. The van der Waals surface area contributed by atoms with Crippen molar-refractivity contribution in [3.8, 4) is 17.1 Å². The van der Waals surface area contributed by atoms with Gasteiger partial charge in [-0.05, 0) is 30.7 Å². The van der Waals surface area contributed by atoms with E-state index in [4.69, 9.17) is 15.5 Å². The van der Waals surface area contributed by atoms with E-state index in [1.54, 1.807) is 19.4 Å². The maximum Gasteiger partial charge on any atom is 0.142 e. The molecule has 2 aromatic heterocycles. The van der Waals surface area contributed by atoms with E-state index in [-0.39, 0.29) is 0 Å². The topological polar surface area (TPSA) is 66.0 Å². The average Bonchev–Trinajstić information content (AvgIpc) is 2.86. The lowest BCUT2D eigenvalue weighted by Crippen LogP contribution is -2.00. The largest absolute Gasteiger partial charge is 0.497 e. The lowest BCUT2D eigenvalue weighted by atomic mass is 10.2. The molecule has 0 radical (unpaired) electrons. The zero-order chi connectivity index (χ0) is 14.8. The molecule has 5 heteroatoms. The van der Waals surface area contributed by atoms with E-state index in [1.165, 1.54) is 0 Å². The summed E-state index contributed by atoms with van der Waals surface area (Å²) in [6.45, 7) is 3.06. The molecule has 5 nitrogen and oxygen atoms in total. The predicted molar refractivity (Wildman–Crippen MR) is 84.2 cm³/mol. The maximum absolute atomic E-state index is 5.66. The molecule has 0 aliphatic heterocycles. The normalized spacial score (nSPS) is 11.0. The van der Waals surface area contributed by atoms with Gasteiger partial charge in [-0.3, -0.25) is 0 Å². The van der Waals surface area contributed by atoms with Crippen molar-refractivity contribution in [2.45, 2.75) is 19.9 Å². The van der Waals surface area contributed by atoms with Crippen molar-refractivity contribution in [3.63, 3.8) is 0 Å². The van der Waals surface area contributed by atoms with Crippen LogP contribution in [0.5, 0.6) is 5.75 Å². The van der Waals surface area contributed by atoms with Crippen molar-refractivity contribution in [1.29, 1.82) is 0 Å². The van der Waals surface area contributed by atoms with Gasteiger partial charge in [0.05, 0.1) is 18.1 Å². The molecule has 1 aromatic carbocycles. The Balaban J connectivity index is 2.20. The highest BCUT2D eigenvalue weighted by Crippen LogP contribution is 2.27. The molecule has 3 aromatic rings. The Morgan fingerprint density at radius 3 is 2.76 bits per heavy atom. The van der Waals surface area contributed by atoms with Gasteiger partial charge in [0.25, 0.3) is 0 Å². The number of pyridine rings is 1. The number of nitrogen functional groups attached to an aromatic ring is 1. The molecule has 0 amide bonds. The predicted octanol–water partition coefficient (Wildman–Crippen LogP) is 3.10. The number of aromatic nitrogens is 3. The summed E-state index contributed by atoms with van der Waals surface area (Å²) in [6.07, 6.45) is 2.80. The van der Waals surface area contributed by atoms with E-state index in [0.29, 0.717) is 5.82 Å². The molecular formula is C16H18N4O. The smallest absolute Gasteiger partial charge is 0.142 e. The van der Waals surface area contributed by atoms with Crippen molar-refractivity contribution >= 4 is 16.9 Å². The van der Waals surface area contributed by atoms with Gasteiger partial charge in [-0.15, -0.1) is 0 Å². The summed E-state index contributed by atoms with van der Waals surface area (Å²) >= 11 is 0. The van der Waals surface area contributed by atoms with Gasteiger partial charge in [0.2, 0.25) is 0 Å². The first-order valence-corrected chi connectivity index (χ1v) is 6.99. The summed E-state index contributed by atoms with van der Waals surface area (Å²) < 4.78 is 7.48. The highest BCUT2D eigenvalue weighted by molar-refractivity contribution is 5.82. The number of imidazole rings is 1. The van der Waals surface area contributed by atoms with E-state index in [0.717, 1.165) is 41.1 Å². The van der Waals surface area contributed by atoms with Crippen molar-refractivity contribution in [1.82, 2.24) is 14.5 Å². The van der Waals surface area contributed by atoms with E-state index in [1.807, 2.05) is 24.3 Å². The Hall–Kier alpha value is -2.56. The minimum absolute atomic E-state index is 0.513. The number of ether oxygens (including phenoxy) is 1. The number of aryl methyl sites for hydroxylation is 1. The quantitative estimate of drug-likeness (QED) is 0.798. The van der Waals surface area contributed by atoms with Crippen LogP contribution in [0, 0.1) is 0 Å². The third kappa shape index (κ3) is 2.42. The van der Waals surface area contributed by atoms with Gasteiger partial charge < -0.3 is 15.0 Å². The number of rotatable bonds is 4. The fourth-order valence-electron chi connectivity index (χ4n) is 2.44. The summed E-state index contributed by atoms with van der Waals surface area (Å²) in [5.41, 5.74) is 8.65. The molecule has 0 aliphatic rings. The minimum Gasteiger partial charge on any atom is -0.497 e. The number of fused-ring (bicyclic) bond motifs is 1. The van der Waals surface area contributed by atoms with Gasteiger partial charge in [0, 0.05) is 24.4 Å². The first-order valence-electron chi connectivity index (χ1n) is 6.99. The second-order valence-electron chi connectivity index (χ2n) is 4.91. The first kappa shape index (κ1) is 13.4. The molecule has 2 N–H and O–H groups in total. The summed E-state index contributed by atoms with van der Waals surface area (Å²) in [5.74, 6) is 2.23. The van der Waals surface area contributed by atoms with Crippen molar-refractivity contribution in [2.24, 2.45) is 0 Å². The molecule has 2 heterocycles. The number of hydrogen-bond donors (Lipinski definition) is 1. The van der Waals surface area contributed by atoms with Gasteiger partial charge >= 0.3 is 0 Å². The van der Waals surface area contributed by atoms with Gasteiger partial charge in [-0.2, -0.15) is 0 Å². The Bertz CT molecular complexity index is 762.